The van der Waals surface area contributed by atoms with Crippen LogP contribution in [-0.4, -0.2) is 22.1 Å². The average Bonchev–Trinajstić information content (AvgIpc) is 2.82. The molecule has 22 heavy (non-hydrogen) atoms. The van der Waals surface area contributed by atoms with Gasteiger partial charge in [-0.15, -0.1) is 0 Å². The van der Waals surface area contributed by atoms with Crippen LogP contribution in [0.2, 0.25) is 0 Å². The van der Waals surface area contributed by atoms with Gasteiger partial charge in [0.2, 0.25) is 0 Å². The molecule has 0 unspecified atom stereocenters. The summed E-state index contributed by atoms with van der Waals surface area (Å²) < 4.78 is 7.37. The molecule has 0 aliphatic carbocycles. The zero-order valence-electron chi connectivity index (χ0n) is 13.0. The van der Waals surface area contributed by atoms with Gasteiger partial charge in [-0.1, -0.05) is 30.3 Å². The zero-order chi connectivity index (χ0) is 15.7. The van der Waals surface area contributed by atoms with Crippen LogP contribution >= 0.6 is 0 Å². The number of fused-ring (bicyclic) bond motifs is 1. The maximum Gasteiger partial charge on any atom is 0.270 e. The van der Waals surface area contributed by atoms with Crippen LogP contribution in [0.5, 0.6) is 5.75 Å². The highest BCUT2D eigenvalue weighted by Crippen LogP contribution is 2.22. The first-order chi connectivity index (χ1) is 10.6. The van der Waals surface area contributed by atoms with Crippen LogP contribution in [0, 0.1) is 20.8 Å². The van der Waals surface area contributed by atoms with E-state index < -0.39 is 0 Å². The molecule has 0 radical (unpaired) electrons. The SMILES string of the molecule is Cc1cccc(C)c1OCC(=O)n1c(C)nc2ccccc21. The van der Waals surface area contributed by atoms with Crippen LogP contribution in [0.1, 0.15) is 21.7 Å². The minimum absolute atomic E-state index is 0.00706. The number of nitrogens with zero attached hydrogens (tertiary/aromatic N) is 2. The molecule has 0 N–H and O–H groups in total. The Morgan fingerprint density at radius 1 is 1.05 bits per heavy atom. The second-order valence-corrected chi connectivity index (χ2v) is 5.39. The van der Waals surface area contributed by atoms with Crippen molar-refractivity contribution in [1.82, 2.24) is 9.55 Å². The lowest BCUT2D eigenvalue weighted by molar-refractivity contribution is 0.0839. The smallest absolute Gasteiger partial charge is 0.270 e. The number of carbonyl (C=O) groups excluding carboxylic acids is 1. The van der Waals surface area contributed by atoms with Crippen LogP contribution in [0.4, 0.5) is 0 Å². The molecule has 0 bridgehead atoms. The van der Waals surface area contributed by atoms with Crippen LogP contribution in [0.25, 0.3) is 11.0 Å². The van der Waals surface area contributed by atoms with E-state index in [2.05, 4.69) is 4.98 Å². The standard InChI is InChI=1S/C18H18N2O2/c1-12-7-6-8-13(2)18(12)22-11-17(21)20-14(3)19-15-9-4-5-10-16(15)20/h4-10H,11H2,1-3H3. The molecule has 0 saturated heterocycles. The van der Waals surface area contributed by atoms with Gasteiger partial charge in [0.05, 0.1) is 11.0 Å². The zero-order valence-corrected chi connectivity index (χ0v) is 13.0. The first kappa shape index (κ1) is 14.3. The third-order valence-electron chi connectivity index (χ3n) is 3.73. The van der Waals surface area contributed by atoms with Gasteiger partial charge in [-0.25, -0.2) is 4.98 Å². The van der Waals surface area contributed by atoms with Crippen molar-refractivity contribution >= 4 is 16.9 Å². The predicted octanol–water partition coefficient (Wildman–Crippen LogP) is 3.68. The molecule has 2 aromatic carbocycles. The molecule has 1 heterocycles. The summed E-state index contributed by atoms with van der Waals surface area (Å²) in [7, 11) is 0. The van der Waals surface area contributed by atoms with Crippen molar-refractivity contribution in [3.63, 3.8) is 0 Å². The van der Waals surface area contributed by atoms with E-state index in [1.165, 1.54) is 0 Å². The molecule has 3 rings (SSSR count). The van der Waals surface area contributed by atoms with Gasteiger partial charge in [0.25, 0.3) is 5.91 Å². The highest BCUT2D eigenvalue weighted by Gasteiger charge is 2.15. The molecular weight excluding hydrogens is 276 g/mol. The molecule has 0 saturated carbocycles. The monoisotopic (exact) mass is 294 g/mol. The van der Waals surface area contributed by atoms with Crippen LogP contribution in [0.3, 0.4) is 0 Å². The summed E-state index contributed by atoms with van der Waals surface area (Å²) in [4.78, 5) is 16.9. The molecule has 4 nitrogen and oxygen atoms in total. The Kier molecular flexibility index (Phi) is 3.67. The molecule has 0 aliphatic heterocycles. The molecule has 3 aromatic rings. The van der Waals surface area contributed by atoms with Crippen molar-refractivity contribution in [2.45, 2.75) is 20.8 Å². The largest absolute Gasteiger partial charge is 0.483 e. The molecular formula is C18H18N2O2. The van der Waals surface area contributed by atoms with Gasteiger partial charge in [-0.3, -0.25) is 9.36 Å². The summed E-state index contributed by atoms with van der Waals surface area (Å²) in [5.74, 6) is 1.34. The number of ether oxygens (including phenoxy) is 1. The van der Waals surface area contributed by atoms with Gasteiger partial charge in [0, 0.05) is 0 Å². The fourth-order valence-electron chi connectivity index (χ4n) is 2.69. The number of carbonyl (C=O) groups is 1. The molecule has 1 aromatic heterocycles. The maximum atomic E-state index is 12.5. The maximum absolute atomic E-state index is 12.5. The van der Waals surface area contributed by atoms with E-state index >= 15 is 0 Å². The van der Waals surface area contributed by atoms with Crippen molar-refractivity contribution in [3.8, 4) is 5.75 Å². The van der Waals surface area contributed by atoms with Crippen molar-refractivity contribution < 1.29 is 9.53 Å². The highest BCUT2D eigenvalue weighted by atomic mass is 16.5. The van der Waals surface area contributed by atoms with Crippen molar-refractivity contribution in [2.24, 2.45) is 0 Å². The molecule has 4 heteroatoms. The van der Waals surface area contributed by atoms with E-state index in [0.717, 1.165) is 27.9 Å². The predicted molar refractivity (Wildman–Crippen MR) is 86.5 cm³/mol. The minimum atomic E-state index is -0.117. The van der Waals surface area contributed by atoms with Crippen LogP contribution in [-0.2, 0) is 0 Å². The summed E-state index contributed by atoms with van der Waals surface area (Å²) in [6.45, 7) is 5.78. The number of aryl methyl sites for hydroxylation is 3. The lowest BCUT2D eigenvalue weighted by Gasteiger charge is -2.12. The lowest BCUT2D eigenvalue weighted by atomic mass is 10.1. The van der Waals surface area contributed by atoms with Gasteiger partial charge >= 0.3 is 0 Å². The number of rotatable bonds is 3. The summed E-state index contributed by atoms with van der Waals surface area (Å²) >= 11 is 0. The molecule has 0 fully saturated rings. The van der Waals surface area contributed by atoms with Gasteiger partial charge in [-0.2, -0.15) is 0 Å². The first-order valence-corrected chi connectivity index (χ1v) is 7.24. The number of benzene rings is 2. The Morgan fingerprint density at radius 3 is 2.45 bits per heavy atom. The Bertz CT molecular complexity index is 829. The second kappa shape index (κ2) is 5.64. The first-order valence-electron chi connectivity index (χ1n) is 7.24. The molecule has 0 aliphatic rings. The van der Waals surface area contributed by atoms with E-state index in [-0.39, 0.29) is 12.5 Å². The van der Waals surface area contributed by atoms with Crippen molar-refractivity contribution in [3.05, 3.63) is 59.4 Å². The number of aromatic nitrogens is 2. The van der Waals surface area contributed by atoms with Gasteiger partial charge in [0.1, 0.15) is 11.6 Å². The van der Waals surface area contributed by atoms with Crippen molar-refractivity contribution in [2.75, 3.05) is 6.61 Å². The summed E-state index contributed by atoms with van der Waals surface area (Å²) in [6.07, 6.45) is 0. The summed E-state index contributed by atoms with van der Waals surface area (Å²) in [6, 6.07) is 13.5. The Labute approximate surface area is 129 Å². The second-order valence-electron chi connectivity index (χ2n) is 5.39. The fraction of sp³-hybridized carbons (Fsp3) is 0.222. The quantitative estimate of drug-likeness (QED) is 0.740. The summed E-state index contributed by atoms with van der Waals surface area (Å²) in [5.41, 5.74) is 3.69. The topological polar surface area (TPSA) is 44.1 Å². The highest BCUT2D eigenvalue weighted by molar-refractivity contribution is 5.91. The van der Waals surface area contributed by atoms with E-state index in [9.17, 15) is 4.79 Å². The summed E-state index contributed by atoms with van der Waals surface area (Å²) in [5, 5.41) is 0. The van der Waals surface area contributed by atoms with E-state index in [0.29, 0.717) is 5.82 Å². The molecule has 0 atom stereocenters. The Balaban J connectivity index is 1.87. The average molecular weight is 294 g/mol. The van der Waals surface area contributed by atoms with E-state index in [4.69, 9.17) is 4.74 Å². The van der Waals surface area contributed by atoms with Gasteiger partial charge in [0.15, 0.2) is 6.61 Å². The fourth-order valence-corrected chi connectivity index (χ4v) is 2.69. The third kappa shape index (κ3) is 2.48. The van der Waals surface area contributed by atoms with Crippen molar-refractivity contribution in [1.29, 1.82) is 0 Å². The number of para-hydroxylation sites is 3. The number of hydrogen-bond acceptors (Lipinski definition) is 3. The van der Waals surface area contributed by atoms with Gasteiger partial charge < -0.3 is 4.74 Å². The molecule has 0 amide bonds. The molecule has 0 spiro atoms. The number of hydrogen-bond donors (Lipinski definition) is 0. The van der Waals surface area contributed by atoms with E-state index in [1.807, 2.05) is 63.2 Å². The lowest BCUT2D eigenvalue weighted by Crippen LogP contribution is -2.20. The number of imidazole rings is 1. The van der Waals surface area contributed by atoms with Gasteiger partial charge in [-0.05, 0) is 44.0 Å². The van der Waals surface area contributed by atoms with Crippen LogP contribution < -0.4 is 4.74 Å². The normalized spacial score (nSPS) is 10.9. The Hall–Kier alpha value is -2.62. The third-order valence-corrected chi connectivity index (χ3v) is 3.73. The Morgan fingerprint density at radius 2 is 1.73 bits per heavy atom. The van der Waals surface area contributed by atoms with Crippen LogP contribution in [0.15, 0.2) is 42.5 Å². The molecule has 112 valence electrons. The minimum Gasteiger partial charge on any atom is -0.483 e. The van der Waals surface area contributed by atoms with E-state index in [1.54, 1.807) is 4.57 Å².